The van der Waals surface area contributed by atoms with Crippen LogP contribution in [0.25, 0.3) is 11.6 Å². The number of hydrogen-bond donors (Lipinski definition) is 0. The fourth-order valence-electron chi connectivity index (χ4n) is 1.21. The molecule has 0 aliphatic carbocycles. The Labute approximate surface area is 91.3 Å². The maximum absolute atomic E-state index is 11.3. The Bertz CT molecular complexity index is 507. The van der Waals surface area contributed by atoms with Crippen molar-refractivity contribution >= 4 is 5.97 Å². The quantitative estimate of drug-likeness (QED) is 0.707. The Morgan fingerprint density at radius 2 is 2.31 bits per heavy atom. The molecule has 0 aromatic carbocycles. The van der Waals surface area contributed by atoms with Gasteiger partial charge in [-0.2, -0.15) is 0 Å². The zero-order valence-electron chi connectivity index (χ0n) is 8.80. The highest BCUT2D eigenvalue weighted by atomic mass is 16.5. The Kier molecular flexibility index (Phi) is 2.63. The van der Waals surface area contributed by atoms with E-state index in [-0.39, 0.29) is 11.6 Å². The third-order valence-electron chi connectivity index (χ3n) is 1.98. The molecular formula is C10H9N3O3. The van der Waals surface area contributed by atoms with Crippen molar-refractivity contribution < 1.29 is 13.9 Å². The van der Waals surface area contributed by atoms with Crippen molar-refractivity contribution in [1.29, 1.82) is 0 Å². The summed E-state index contributed by atoms with van der Waals surface area (Å²) in [6, 6.07) is 1.65. The molecule has 0 fully saturated rings. The molecule has 6 heteroatoms. The molecule has 82 valence electrons. The number of nitrogens with zero attached hydrogens (tertiary/aromatic N) is 3. The molecule has 0 bridgehead atoms. The van der Waals surface area contributed by atoms with E-state index in [0.29, 0.717) is 11.5 Å². The molecule has 0 atom stereocenters. The topological polar surface area (TPSA) is 78.1 Å². The van der Waals surface area contributed by atoms with E-state index in [1.807, 2.05) is 0 Å². The second kappa shape index (κ2) is 4.09. The van der Waals surface area contributed by atoms with E-state index in [0.717, 1.165) is 0 Å². The van der Waals surface area contributed by atoms with Crippen LogP contribution in [-0.4, -0.2) is 28.0 Å². The van der Waals surface area contributed by atoms with Crippen molar-refractivity contribution in [1.82, 2.24) is 15.0 Å². The van der Waals surface area contributed by atoms with E-state index < -0.39 is 5.97 Å². The maximum Gasteiger partial charge on any atom is 0.360 e. The predicted molar refractivity (Wildman–Crippen MR) is 53.6 cm³/mol. The zero-order chi connectivity index (χ0) is 11.5. The van der Waals surface area contributed by atoms with Gasteiger partial charge in [0.05, 0.1) is 7.11 Å². The van der Waals surface area contributed by atoms with Crippen molar-refractivity contribution in [3.05, 3.63) is 30.0 Å². The summed E-state index contributed by atoms with van der Waals surface area (Å²) in [4.78, 5) is 23.1. The van der Waals surface area contributed by atoms with Crippen LogP contribution in [-0.2, 0) is 4.74 Å². The Balaban J connectivity index is 2.42. The van der Waals surface area contributed by atoms with Crippen LogP contribution in [0.5, 0.6) is 0 Å². The number of carbonyl (C=O) groups is 1. The molecule has 2 heterocycles. The Morgan fingerprint density at radius 3 is 2.94 bits per heavy atom. The van der Waals surface area contributed by atoms with Gasteiger partial charge in [-0.25, -0.2) is 19.7 Å². The van der Waals surface area contributed by atoms with Gasteiger partial charge in [0.25, 0.3) is 0 Å². The fourth-order valence-corrected chi connectivity index (χ4v) is 1.21. The third kappa shape index (κ3) is 1.77. The lowest BCUT2D eigenvalue weighted by Crippen LogP contribution is -2.03. The van der Waals surface area contributed by atoms with Crippen LogP contribution >= 0.6 is 0 Å². The summed E-state index contributed by atoms with van der Waals surface area (Å²) < 4.78 is 9.89. The molecule has 0 amide bonds. The van der Waals surface area contributed by atoms with Gasteiger partial charge in [0.15, 0.2) is 5.69 Å². The second-order valence-corrected chi connectivity index (χ2v) is 3.01. The van der Waals surface area contributed by atoms with E-state index in [9.17, 15) is 4.79 Å². The van der Waals surface area contributed by atoms with Gasteiger partial charge < -0.3 is 9.15 Å². The molecule has 0 saturated carbocycles. The number of oxazole rings is 1. The summed E-state index contributed by atoms with van der Waals surface area (Å²) in [5, 5.41) is 0. The fraction of sp³-hybridized carbons (Fsp3) is 0.200. The Hall–Kier alpha value is -2.24. The summed E-state index contributed by atoms with van der Waals surface area (Å²) in [6.45, 7) is 1.64. The van der Waals surface area contributed by atoms with Gasteiger partial charge in [-0.05, 0) is 13.0 Å². The van der Waals surface area contributed by atoms with Gasteiger partial charge in [0.1, 0.15) is 17.8 Å². The van der Waals surface area contributed by atoms with Crippen molar-refractivity contribution in [2.24, 2.45) is 0 Å². The minimum atomic E-state index is -0.526. The summed E-state index contributed by atoms with van der Waals surface area (Å²) in [5.41, 5.74) is 0.685. The lowest BCUT2D eigenvalue weighted by Gasteiger charge is -1.92. The van der Waals surface area contributed by atoms with E-state index >= 15 is 0 Å². The summed E-state index contributed by atoms with van der Waals surface area (Å²) in [5.74, 6) is 0.155. The molecule has 0 saturated heterocycles. The molecule has 0 radical (unpaired) electrons. The lowest BCUT2D eigenvalue weighted by atomic mass is 10.4. The average Bonchev–Trinajstić information content (AvgIpc) is 2.71. The van der Waals surface area contributed by atoms with Crippen LogP contribution in [0.1, 0.15) is 16.2 Å². The second-order valence-electron chi connectivity index (χ2n) is 3.01. The van der Waals surface area contributed by atoms with Crippen LogP contribution in [0.4, 0.5) is 0 Å². The monoisotopic (exact) mass is 219 g/mol. The van der Waals surface area contributed by atoms with Gasteiger partial charge in [-0.15, -0.1) is 0 Å². The number of rotatable bonds is 2. The van der Waals surface area contributed by atoms with Crippen LogP contribution in [0, 0.1) is 6.92 Å². The van der Waals surface area contributed by atoms with Gasteiger partial charge >= 0.3 is 5.97 Å². The first-order valence-electron chi connectivity index (χ1n) is 4.54. The number of carbonyl (C=O) groups excluding carboxylic acids is 1. The van der Waals surface area contributed by atoms with Gasteiger partial charge in [-0.3, -0.25) is 0 Å². The molecule has 0 N–H and O–H groups in total. The van der Waals surface area contributed by atoms with E-state index in [4.69, 9.17) is 4.42 Å². The van der Waals surface area contributed by atoms with Crippen molar-refractivity contribution in [2.75, 3.05) is 7.11 Å². The van der Waals surface area contributed by atoms with Crippen molar-refractivity contribution in [3.8, 4) is 11.6 Å². The highest BCUT2D eigenvalue weighted by Crippen LogP contribution is 2.19. The summed E-state index contributed by atoms with van der Waals surface area (Å²) in [7, 11) is 1.29. The number of ether oxygens (including phenoxy) is 1. The van der Waals surface area contributed by atoms with Crippen LogP contribution < -0.4 is 0 Å². The van der Waals surface area contributed by atoms with Crippen LogP contribution in [0.2, 0.25) is 0 Å². The van der Waals surface area contributed by atoms with Gasteiger partial charge in [0.2, 0.25) is 5.89 Å². The predicted octanol–water partition coefficient (Wildman–Crippen LogP) is 1.23. The van der Waals surface area contributed by atoms with E-state index in [1.165, 1.54) is 13.4 Å². The number of esters is 1. The first-order valence-corrected chi connectivity index (χ1v) is 4.54. The van der Waals surface area contributed by atoms with E-state index in [2.05, 4.69) is 19.7 Å². The summed E-state index contributed by atoms with van der Waals surface area (Å²) >= 11 is 0. The SMILES string of the molecule is COC(=O)c1nc(-c2ccncn2)oc1C. The van der Waals surface area contributed by atoms with Crippen LogP contribution in [0.3, 0.4) is 0 Å². The van der Waals surface area contributed by atoms with Gasteiger partial charge in [-0.1, -0.05) is 0 Å². The first-order chi connectivity index (χ1) is 7.72. The molecule has 2 aromatic rings. The minimum Gasteiger partial charge on any atom is -0.464 e. The molecular weight excluding hydrogens is 210 g/mol. The maximum atomic E-state index is 11.3. The van der Waals surface area contributed by atoms with Gasteiger partial charge in [0, 0.05) is 6.20 Å². The third-order valence-corrected chi connectivity index (χ3v) is 1.98. The minimum absolute atomic E-state index is 0.163. The Morgan fingerprint density at radius 1 is 1.50 bits per heavy atom. The highest BCUT2D eigenvalue weighted by Gasteiger charge is 2.18. The standard InChI is InChI=1S/C10H9N3O3/c1-6-8(10(14)15-2)13-9(16-6)7-3-4-11-5-12-7/h3-5H,1-2H3. The zero-order valence-corrected chi connectivity index (χ0v) is 8.80. The number of aromatic nitrogens is 3. The van der Waals surface area contributed by atoms with Crippen molar-refractivity contribution in [3.63, 3.8) is 0 Å². The lowest BCUT2D eigenvalue weighted by molar-refractivity contribution is 0.0593. The molecule has 6 nitrogen and oxygen atoms in total. The number of methoxy groups -OCH3 is 1. The molecule has 0 aliphatic rings. The molecule has 16 heavy (non-hydrogen) atoms. The smallest absolute Gasteiger partial charge is 0.360 e. The molecule has 2 rings (SSSR count). The number of aryl methyl sites for hydroxylation is 1. The molecule has 0 aliphatic heterocycles. The molecule has 0 unspecified atom stereocenters. The molecule has 0 spiro atoms. The number of hydrogen-bond acceptors (Lipinski definition) is 6. The first kappa shape index (κ1) is 10.3. The molecule has 2 aromatic heterocycles. The van der Waals surface area contributed by atoms with Crippen LogP contribution in [0.15, 0.2) is 23.0 Å². The van der Waals surface area contributed by atoms with Crippen molar-refractivity contribution in [2.45, 2.75) is 6.92 Å². The highest BCUT2D eigenvalue weighted by molar-refractivity contribution is 5.88. The normalized spacial score (nSPS) is 10.1. The average molecular weight is 219 g/mol. The van der Waals surface area contributed by atoms with E-state index in [1.54, 1.807) is 19.2 Å². The summed E-state index contributed by atoms with van der Waals surface area (Å²) in [6.07, 6.45) is 2.95. The largest absolute Gasteiger partial charge is 0.464 e.